The van der Waals surface area contributed by atoms with Gasteiger partial charge in [0.15, 0.2) is 0 Å². The molecule has 28 heavy (non-hydrogen) atoms. The fourth-order valence-electron chi connectivity index (χ4n) is 3.91. The number of hydrogen-bond acceptors (Lipinski definition) is 1. The van der Waals surface area contributed by atoms with Crippen LogP contribution in [0.5, 0.6) is 0 Å². The van der Waals surface area contributed by atoms with Gasteiger partial charge in [-0.2, -0.15) is 0 Å². The fraction of sp³-hybridized carbons (Fsp3) is 0. The van der Waals surface area contributed by atoms with Gasteiger partial charge in [0.25, 0.3) is 0 Å². The summed E-state index contributed by atoms with van der Waals surface area (Å²) in [6.07, 6.45) is 0. The summed E-state index contributed by atoms with van der Waals surface area (Å²) in [7, 11) is 0. The summed E-state index contributed by atoms with van der Waals surface area (Å²) in [6, 6.07) is 31.0. The van der Waals surface area contributed by atoms with Gasteiger partial charge in [0, 0.05) is 58.3 Å². The van der Waals surface area contributed by atoms with E-state index in [-0.39, 0.29) is 60.2 Å². The molecule has 0 aliphatic rings. The number of fused-ring (bicyclic) bond motifs is 9. The number of hydrogen-bond donors (Lipinski definition) is 0. The second-order valence-electron chi connectivity index (χ2n) is 6.43. The van der Waals surface area contributed by atoms with Gasteiger partial charge < -0.3 is 11.8 Å². The van der Waals surface area contributed by atoms with Crippen LogP contribution >= 0.6 is 0 Å². The standard InChI is InChI=1S/C23H13N2.CH3.Ir.Y/c1-2-8-16-14-22-19(13-15(16)7-1)17-9-3-4-10-18(17)23-24-20-11-5-6-12-21(20)25(22)23;;;/h1-9,11-14H;1H3;;/q2*-1;;. The summed E-state index contributed by atoms with van der Waals surface area (Å²) < 4.78 is 2.27. The van der Waals surface area contributed by atoms with Crippen LogP contribution in [0.3, 0.4) is 0 Å². The predicted octanol–water partition coefficient (Wildman–Crippen LogP) is 6.19. The van der Waals surface area contributed by atoms with Crippen molar-refractivity contribution < 1.29 is 52.8 Å². The van der Waals surface area contributed by atoms with Gasteiger partial charge in [-0.3, -0.25) is 4.98 Å². The Bertz CT molecular complexity index is 1450. The molecule has 0 saturated carbocycles. The maximum Gasteiger partial charge on any atom is 0.0774 e. The van der Waals surface area contributed by atoms with Crippen molar-refractivity contribution in [3.8, 4) is 0 Å². The first-order valence-corrected chi connectivity index (χ1v) is 8.42. The van der Waals surface area contributed by atoms with Crippen LogP contribution < -0.4 is 0 Å². The minimum Gasteiger partial charge on any atom is -0.358 e. The van der Waals surface area contributed by atoms with Gasteiger partial charge in [-0.15, -0.1) is 29.7 Å². The molecule has 2 radical (unpaired) electrons. The second kappa shape index (κ2) is 8.01. The Kier molecular flexibility index (Phi) is 6.03. The van der Waals surface area contributed by atoms with Crippen LogP contribution in [0.2, 0.25) is 0 Å². The molecule has 6 aromatic rings. The number of imidazole rings is 1. The molecule has 0 bridgehead atoms. The van der Waals surface area contributed by atoms with E-state index >= 15 is 0 Å². The Morgan fingerprint density at radius 1 is 0.750 bits per heavy atom. The minimum absolute atomic E-state index is 0. The molecule has 0 unspecified atom stereocenters. The van der Waals surface area contributed by atoms with Crippen molar-refractivity contribution in [3.05, 3.63) is 92.4 Å². The number of pyridine rings is 1. The molecule has 0 atom stereocenters. The van der Waals surface area contributed by atoms with Crippen LogP contribution in [0.15, 0.2) is 78.9 Å². The molecule has 2 aromatic heterocycles. The van der Waals surface area contributed by atoms with Gasteiger partial charge in [-0.25, -0.2) is 0 Å². The summed E-state index contributed by atoms with van der Waals surface area (Å²) in [6.45, 7) is 0. The van der Waals surface area contributed by atoms with Gasteiger partial charge in [0.05, 0.1) is 16.7 Å². The molecule has 6 rings (SSSR count). The Labute approximate surface area is 202 Å². The molecule has 2 nitrogen and oxygen atoms in total. The smallest absolute Gasteiger partial charge is 0.0774 e. The van der Waals surface area contributed by atoms with E-state index < -0.39 is 0 Å². The molecule has 4 heteroatoms. The molecule has 136 valence electrons. The quantitative estimate of drug-likeness (QED) is 0.114. The summed E-state index contributed by atoms with van der Waals surface area (Å²) in [4.78, 5) is 4.91. The van der Waals surface area contributed by atoms with Crippen LogP contribution in [-0.4, -0.2) is 9.38 Å². The molecule has 0 aliphatic heterocycles. The van der Waals surface area contributed by atoms with E-state index in [4.69, 9.17) is 4.98 Å². The SMILES string of the molecule is [CH3-].[Ir].[Y].[c-]1cccc2c1c1nc3ccccc3n1c1cc3ccccc3cc21. The van der Waals surface area contributed by atoms with Gasteiger partial charge in [-0.1, -0.05) is 47.9 Å². The first-order chi connectivity index (χ1) is 12.4. The number of benzene rings is 4. The van der Waals surface area contributed by atoms with E-state index in [1.54, 1.807) is 0 Å². The van der Waals surface area contributed by atoms with Crippen molar-refractivity contribution in [3.63, 3.8) is 0 Å². The topological polar surface area (TPSA) is 17.3 Å². The Morgan fingerprint density at radius 3 is 2.29 bits per heavy atom. The fourth-order valence-corrected chi connectivity index (χ4v) is 3.91. The van der Waals surface area contributed by atoms with Gasteiger partial charge >= 0.3 is 0 Å². The van der Waals surface area contributed by atoms with Crippen molar-refractivity contribution in [2.75, 3.05) is 0 Å². The molecule has 0 aliphatic carbocycles. The third kappa shape index (κ3) is 2.93. The first-order valence-electron chi connectivity index (χ1n) is 8.42. The van der Waals surface area contributed by atoms with E-state index in [2.05, 4.69) is 77.2 Å². The normalized spacial score (nSPS) is 10.7. The van der Waals surface area contributed by atoms with E-state index in [1.807, 2.05) is 12.1 Å². The van der Waals surface area contributed by atoms with Crippen LogP contribution in [0.25, 0.3) is 49.1 Å². The zero-order valence-electron chi connectivity index (χ0n) is 15.3. The molecule has 2 heterocycles. The average Bonchev–Trinajstić information content (AvgIpc) is 3.07. The molecular formula is C24H16IrN2Y-2. The van der Waals surface area contributed by atoms with Crippen LogP contribution in [0.1, 0.15) is 0 Å². The predicted molar refractivity (Wildman–Crippen MR) is 110 cm³/mol. The van der Waals surface area contributed by atoms with Crippen molar-refractivity contribution >= 4 is 49.1 Å². The van der Waals surface area contributed by atoms with E-state index in [0.717, 1.165) is 22.1 Å². The summed E-state index contributed by atoms with van der Waals surface area (Å²) in [5.74, 6) is 0. The largest absolute Gasteiger partial charge is 0.358 e. The molecule has 4 aromatic carbocycles. The van der Waals surface area contributed by atoms with Crippen LogP contribution in [0.4, 0.5) is 0 Å². The second-order valence-corrected chi connectivity index (χ2v) is 6.43. The van der Waals surface area contributed by atoms with Crippen molar-refractivity contribution in [2.45, 2.75) is 0 Å². The van der Waals surface area contributed by atoms with E-state index in [1.165, 1.54) is 27.1 Å². The summed E-state index contributed by atoms with van der Waals surface area (Å²) in [5, 5.41) is 6.01. The van der Waals surface area contributed by atoms with Crippen LogP contribution in [-0.2, 0) is 52.8 Å². The number of nitrogens with zero attached hydrogens (tertiary/aromatic N) is 2. The molecule has 0 spiro atoms. The number of para-hydroxylation sites is 2. The molecule has 0 fully saturated rings. The third-order valence-electron chi connectivity index (χ3n) is 5.04. The average molecular weight is 614 g/mol. The Balaban J connectivity index is 0.000000750. The number of aromatic nitrogens is 2. The van der Waals surface area contributed by atoms with Gasteiger partial charge in [0.2, 0.25) is 0 Å². The van der Waals surface area contributed by atoms with Crippen molar-refractivity contribution in [1.29, 1.82) is 0 Å². The molecule has 0 saturated heterocycles. The van der Waals surface area contributed by atoms with Gasteiger partial charge in [0.1, 0.15) is 0 Å². The van der Waals surface area contributed by atoms with E-state index in [0.29, 0.717) is 0 Å². The summed E-state index contributed by atoms with van der Waals surface area (Å²) in [5.41, 5.74) is 4.31. The molecular weight excluding hydrogens is 597 g/mol. The monoisotopic (exact) mass is 614 g/mol. The first kappa shape index (κ1) is 21.1. The van der Waals surface area contributed by atoms with Crippen molar-refractivity contribution in [2.24, 2.45) is 0 Å². The maximum absolute atomic E-state index is 4.91. The zero-order chi connectivity index (χ0) is 16.4. The summed E-state index contributed by atoms with van der Waals surface area (Å²) >= 11 is 0. The maximum atomic E-state index is 4.91. The Morgan fingerprint density at radius 2 is 1.46 bits per heavy atom. The minimum atomic E-state index is 0. The molecule has 0 N–H and O–H groups in total. The third-order valence-corrected chi connectivity index (χ3v) is 5.04. The van der Waals surface area contributed by atoms with Crippen molar-refractivity contribution in [1.82, 2.24) is 9.38 Å². The zero-order valence-corrected chi connectivity index (χ0v) is 20.5. The molecule has 0 amide bonds. The van der Waals surface area contributed by atoms with E-state index in [9.17, 15) is 0 Å². The van der Waals surface area contributed by atoms with Gasteiger partial charge in [-0.05, 0) is 34.4 Å². The van der Waals surface area contributed by atoms with Crippen LogP contribution in [0, 0.1) is 13.5 Å². The Hall–Kier alpha value is -1.64. The number of rotatable bonds is 0.